The van der Waals surface area contributed by atoms with Crippen molar-refractivity contribution >= 4 is 34.0 Å². The summed E-state index contributed by atoms with van der Waals surface area (Å²) in [7, 11) is 0. The van der Waals surface area contributed by atoms with Crippen molar-refractivity contribution in [3.63, 3.8) is 0 Å². The summed E-state index contributed by atoms with van der Waals surface area (Å²) in [5, 5.41) is 8.71. The number of esters is 1. The molecule has 7 nitrogen and oxygen atoms in total. The minimum Gasteiger partial charge on any atom is -1.00 e. The average Bonchev–Trinajstić information content (AvgIpc) is 3.37. The molecule has 184 valence electrons. The molecule has 1 aromatic heterocycles. The number of carbonyl (C=O) groups excluding carboxylic acids is 2. The molecule has 0 radical (unpaired) electrons. The Hall–Kier alpha value is -2.94. The van der Waals surface area contributed by atoms with Crippen molar-refractivity contribution in [3.8, 4) is 0 Å². The highest BCUT2D eigenvalue weighted by Gasteiger charge is 2.49. The van der Waals surface area contributed by atoms with Gasteiger partial charge in [0.1, 0.15) is 6.54 Å². The van der Waals surface area contributed by atoms with Crippen LogP contribution in [0.1, 0.15) is 24.4 Å². The van der Waals surface area contributed by atoms with Gasteiger partial charge in [-0.25, -0.2) is 9.78 Å². The van der Waals surface area contributed by atoms with Crippen LogP contribution >= 0.6 is 11.3 Å². The lowest BCUT2D eigenvalue weighted by atomic mass is 9.83. The first-order chi connectivity index (χ1) is 16.6. The summed E-state index contributed by atoms with van der Waals surface area (Å²) < 4.78 is 6.83. The van der Waals surface area contributed by atoms with Gasteiger partial charge in [0.15, 0.2) is 23.8 Å². The lowest BCUT2D eigenvalue weighted by molar-refractivity contribution is -0.938. The van der Waals surface area contributed by atoms with Crippen molar-refractivity contribution in [1.29, 1.82) is 0 Å². The van der Waals surface area contributed by atoms with E-state index in [1.165, 1.54) is 11.3 Å². The Morgan fingerprint density at radius 2 is 1.74 bits per heavy atom. The minimum absolute atomic E-state index is 0. The zero-order chi connectivity index (χ0) is 23.4. The zero-order valence-corrected chi connectivity index (χ0v) is 20.9. The lowest BCUT2D eigenvalue weighted by Gasteiger charge is -2.51. The third kappa shape index (κ3) is 6.01. The summed E-state index contributed by atoms with van der Waals surface area (Å²) in [5.41, 5.74) is 1.73. The van der Waals surface area contributed by atoms with Crippen LogP contribution in [0.3, 0.4) is 0 Å². The Kier molecular flexibility index (Phi) is 8.05. The Morgan fingerprint density at radius 1 is 1.06 bits per heavy atom. The maximum absolute atomic E-state index is 13.5. The molecule has 9 heteroatoms. The average molecular weight is 513 g/mol. The van der Waals surface area contributed by atoms with Gasteiger partial charge in [-0.3, -0.25) is 10.1 Å². The number of thiazole rings is 1. The molecule has 0 spiro atoms. The fourth-order valence-electron chi connectivity index (χ4n) is 5.17. The van der Waals surface area contributed by atoms with Crippen molar-refractivity contribution in [3.05, 3.63) is 77.8 Å². The molecule has 3 aliphatic heterocycles. The molecule has 0 saturated carbocycles. The van der Waals surface area contributed by atoms with E-state index in [1.807, 2.05) is 66.0 Å². The minimum atomic E-state index is -0.597. The van der Waals surface area contributed by atoms with Crippen molar-refractivity contribution in [2.24, 2.45) is 5.92 Å². The molecule has 2 aromatic carbocycles. The summed E-state index contributed by atoms with van der Waals surface area (Å²) in [4.78, 5) is 30.3. The quantitative estimate of drug-likeness (QED) is 0.349. The molecule has 3 aromatic rings. The number of anilines is 2. The first kappa shape index (κ1) is 25.2. The van der Waals surface area contributed by atoms with Gasteiger partial charge in [0.05, 0.1) is 13.1 Å². The van der Waals surface area contributed by atoms with Gasteiger partial charge in [-0.1, -0.05) is 48.5 Å². The van der Waals surface area contributed by atoms with Gasteiger partial charge in [-0.2, -0.15) is 0 Å². The number of benzene rings is 2. The highest BCUT2D eigenvalue weighted by Crippen LogP contribution is 2.36. The van der Waals surface area contributed by atoms with Crippen LogP contribution < -0.4 is 23.0 Å². The van der Waals surface area contributed by atoms with Crippen molar-refractivity contribution in [1.82, 2.24) is 4.98 Å². The van der Waals surface area contributed by atoms with Gasteiger partial charge in [0, 0.05) is 36.0 Å². The number of quaternary nitrogens is 1. The molecule has 3 aliphatic rings. The molecular weight excluding hydrogens is 484 g/mol. The number of aromatic nitrogens is 1. The van der Waals surface area contributed by atoms with Crippen LogP contribution in [0.2, 0.25) is 0 Å². The number of rotatable bonds is 8. The van der Waals surface area contributed by atoms with Crippen LogP contribution in [-0.4, -0.2) is 53.6 Å². The van der Waals surface area contributed by atoms with Gasteiger partial charge in [-0.05, 0) is 17.7 Å². The van der Waals surface area contributed by atoms with E-state index in [0.29, 0.717) is 28.6 Å². The SMILES string of the molecule is O=C(C[N+]12CCC(CC1)[C@@H](OC(=O)C(Nc1ccccc1)c1ccccc1)C2)Nc1nccs1.[Cl-]. The number of piperidine rings is 3. The number of amides is 1. The van der Waals surface area contributed by atoms with Crippen LogP contribution in [0.15, 0.2) is 72.2 Å². The number of hydrogen-bond acceptors (Lipinski definition) is 6. The van der Waals surface area contributed by atoms with E-state index in [9.17, 15) is 9.59 Å². The van der Waals surface area contributed by atoms with E-state index in [-0.39, 0.29) is 30.4 Å². The third-order valence-electron chi connectivity index (χ3n) is 6.92. The van der Waals surface area contributed by atoms with Gasteiger partial charge < -0.3 is 26.9 Å². The molecule has 3 saturated heterocycles. The molecule has 35 heavy (non-hydrogen) atoms. The Bertz CT molecular complexity index is 1110. The molecule has 2 atom stereocenters. The number of nitrogens with zero attached hydrogens (tertiary/aromatic N) is 2. The van der Waals surface area contributed by atoms with Crippen LogP contribution in [0.25, 0.3) is 0 Å². The number of halogens is 1. The number of para-hydroxylation sites is 1. The first-order valence-corrected chi connectivity index (χ1v) is 12.6. The second-order valence-electron chi connectivity index (χ2n) is 9.18. The van der Waals surface area contributed by atoms with E-state index in [4.69, 9.17) is 4.74 Å². The number of hydrogen-bond donors (Lipinski definition) is 2. The predicted octanol–water partition coefficient (Wildman–Crippen LogP) is 1.09. The molecule has 2 bridgehead atoms. The first-order valence-electron chi connectivity index (χ1n) is 11.7. The van der Waals surface area contributed by atoms with Crippen molar-refractivity contribution < 1.29 is 31.2 Å². The molecule has 1 unspecified atom stereocenters. The summed E-state index contributed by atoms with van der Waals surface area (Å²) in [5.74, 6) is 0.0339. The highest BCUT2D eigenvalue weighted by molar-refractivity contribution is 7.13. The zero-order valence-electron chi connectivity index (χ0n) is 19.3. The Labute approximate surface area is 215 Å². The second kappa shape index (κ2) is 11.2. The van der Waals surface area contributed by atoms with Crippen molar-refractivity contribution in [2.75, 3.05) is 36.8 Å². The number of nitrogens with one attached hydrogen (secondary N) is 2. The largest absolute Gasteiger partial charge is 1.00 e. The van der Waals surface area contributed by atoms with Crippen molar-refractivity contribution in [2.45, 2.75) is 25.0 Å². The normalized spacial score (nSPS) is 23.5. The van der Waals surface area contributed by atoms with Crippen LogP contribution in [-0.2, 0) is 14.3 Å². The summed E-state index contributed by atoms with van der Waals surface area (Å²) in [6.07, 6.45) is 3.42. The molecule has 1 amide bonds. The number of ether oxygens (including phenoxy) is 1. The van der Waals surface area contributed by atoms with E-state index in [1.54, 1.807) is 6.20 Å². The maximum Gasteiger partial charge on any atom is 0.333 e. The summed E-state index contributed by atoms with van der Waals surface area (Å²) >= 11 is 1.41. The lowest BCUT2D eigenvalue weighted by Crippen LogP contribution is -3.00. The van der Waals surface area contributed by atoms with E-state index < -0.39 is 6.04 Å². The van der Waals surface area contributed by atoms with E-state index in [0.717, 1.165) is 37.2 Å². The summed E-state index contributed by atoms with van der Waals surface area (Å²) in [6, 6.07) is 18.8. The monoisotopic (exact) mass is 512 g/mol. The fraction of sp³-hybridized carbons (Fsp3) is 0.346. The number of carbonyl (C=O) groups is 2. The fourth-order valence-corrected chi connectivity index (χ4v) is 5.71. The van der Waals surface area contributed by atoms with Crippen LogP contribution in [0, 0.1) is 5.92 Å². The van der Waals surface area contributed by atoms with Crippen LogP contribution in [0.4, 0.5) is 10.8 Å². The number of fused-ring (bicyclic) bond motifs is 3. The molecule has 3 fully saturated rings. The topological polar surface area (TPSA) is 80.3 Å². The molecule has 2 N–H and O–H groups in total. The molecular formula is C26H29ClN4O3S. The maximum atomic E-state index is 13.5. The smallest absolute Gasteiger partial charge is 0.333 e. The van der Waals surface area contributed by atoms with E-state index >= 15 is 0 Å². The predicted molar refractivity (Wildman–Crippen MR) is 132 cm³/mol. The molecule has 0 aliphatic carbocycles. The van der Waals surface area contributed by atoms with Gasteiger partial charge >= 0.3 is 5.97 Å². The van der Waals surface area contributed by atoms with Gasteiger partial charge in [0.2, 0.25) is 0 Å². The molecule has 4 heterocycles. The van der Waals surface area contributed by atoms with E-state index in [2.05, 4.69) is 15.6 Å². The summed E-state index contributed by atoms with van der Waals surface area (Å²) in [6.45, 7) is 2.93. The standard InChI is InChI=1S/C26H28N4O3S.ClH/c31-23(29-26-27-13-16-34-26)18-30-14-11-19(12-15-30)22(17-30)33-25(32)24(20-7-3-1-4-8-20)28-21-9-5-2-6-10-21;/h1-10,13,16,19,22,24,28H,11-12,14-15,17-18H2;1H/t19?,22-,24?,30?;/m0./s1. The Balaban J connectivity index is 0.00000289. The Morgan fingerprint density at radius 3 is 2.40 bits per heavy atom. The van der Waals surface area contributed by atoms with Gasteiger partial charge in [0.25, 0.3) is 5.91 Å². The highest BCUT2D eigenvalue weighted by atomic mass is 35.5. The van der Waals surface area contributed by atoms with Gasteiger partial charge in [-0.15, -0.1) is 11.3 Å². The second-order valence-corrected chi connectivity index (χ2v) is 10.1. The third-order valence-corrected chi connectivity index (χ3v) is 7.61. The molecule has 6 rings (SSSR count). The van der Waals surface area contributed by atoms with Crippen LogP contribution in [0.5, 0.6) is 0 Å².